The molecule has 3 aromatic rings. The van der Waals surface area contributed by atoms with Gasteiger partial charge in [0.2, 0.25) is 5.91 Å². The lowest BCUT2D eigenvalue weighted by Gasteiger charge is -2.10. The average Bonchev–Trinajstić information content (AvgIpc) is 2.87. The summed E-state index contributed by atoms with van der Waals surface area (Å²) in [6.45, 7) is -0.0883. The molecule has 0 aliphatic heterocycles. The van der Waals surface area contributed by atoms with Crippen LogP contribution in [-0.4, -0.2) is 32.1 Å². The number of benzene rings is 3. The van der Waals surface area contributed by atoms with Crippen LogP contribution in [0, 0.1) is 11.3 Å². The largest absolute Gasteiger partial charge is 0.497 e. The van der Waals surface area contributed by atoms with E-state index in [1.54, 1.807) is 55.6 Å². The molecule has 3 aromatic carbocycles. The maximum atomic E-state index is 11.9. The molecule has 2 N–H and O–H groups in total. The lowest BCUT2D eigenvalue weighted by Crippen LogP contribution is -2.44. The summed E-state index contributed by atoms with van der Waals surface area (Å²) in [7, 11) is 1.58. The van der Waals surface area contributed by atoms with E-state index in [0.717, 1.165) is 11.1 Å². The van der Waals surface area contributed by atoms with Gasteiger partial charge in [0.05, 0.1) is 31.8 Å². The van der Waals surface area contributed by atoms with E-state index in [9.17, 15) is 9.59 Å². The van der Waals surface area contributed by atoms with Crippen molar-refractivity contribution in [3.63, 3.8) is 0 Å². The van der Waals surface area contributed by atoms with Gasteiger partial charge < -0.3 is 14.2 Å². The molecule has 0 saturated carbocycles. The first kappa shape index (κ1) is 23.2. The molecule has 3 rings (SSSR count). The molecule has 0 unspecified atom stereocenters. The van der Waals surface area contributed by atoms with Crippen molar-refractivity contribution in [3.05, 3.63) is 78.4 Å². The van der Waals surface area contributed by atoms with Crippen molar-refractivity contribution < 1.29 is 23.8 Å². The fourth-order valence-electron chi connectivity index (χ4n) is 2.80. The van der Waals surface area contributed by atoms with Crippen LogP contribution >= 0.6 is 0 Å². The maximum absolute atomic E-state index is 11.9. The van der Waals surface area contributed by atoms with Crippen molar-refractivity contribution >= 4 is 11.8 Å². The number of rotatable bonds is 9. The summed E-state index contributed by atoms with van der Waals surface area (Å²) in [6.07, 6.45) is 0.0734. The van der Waals surface area contributed by atoms with Gasteiger partial charge in [0, 0.05) is 0 Å². The summed E-state index contributed by atoms with van der Waals surface area (Å²) in [4.78, 5) is 23.7. The van der Waals surface area contributed by atoms with Gasteiger partial charge in [0.25, 0.3) is 5.91 Å². The second-order valence-corrected chi connectivity index (χ2v) is 6.87. The van der Waals surface area contributed by atoms with Crippen LogP contribution in [0.4, 0.5) is 0 Å². The summed E-state index contributed by atoms with van der Waals surface area (Å²) in [5, 5.41) is 8.87. The number of carbonyl (C=O) groups excluding carboxylic acids is 2. The molecule has 0 bridgehead atoms. The molecule has 0 radical (unpaired) electrons. The molecule has 33 heavy (non-hydrogen) atoms. The van der Waals surface area contributed by atoms with E-state index in [1.807, 2.05) is 24.3 Å². The second-order valence-electron chi connectivity index (χ2n) is 6.87. The zero-order valence-corrected chi connectivity index (χ0v) is 18.0. The first-order chi connectivity index (χ1) is 16.1. The zero-order valence-electron chi connectivity index (χ0n) is 18.0. The van der Waals surface area contributed by atoms with E-state index in [1.165, 1.54) is 0 Å². The van der Waals surface area contributed by atoms with Crippen LogP contribution in [-0.2, 0) is 9.59 Å². The van der Waals surface area contributed by atoms with Crippen molar-refractivity contribution in [3.8, 4) is 34.4 Å². The van der Waals surface area contributed by atoms with Crippen LogP contribution in [0.15, 0.2) is 72.8 Å². The third-order valence-corrected chi connectivity index (χ3v) is 4.57. The number of amides is 2. The first-order valence-corrected chi connectivity index (χ1v) is 10.2. The fourth-order valence-corrected chi connectivity index (χ4v) is 2.80. The minimum absolute atomic E-state index is 0.0734. The molecule has 0 heterocycles. The Hall–Kier alpha value is -4.51. The molecule has 0 atom stereocenters. The van der Waals surface area contributed by atoms with E-state index in [-0.39, 0.29) is 25.5 Å². The Kier molecular flexibility index (Phi) is 8.26. The summed E-state index contributed by atoms with van der Waals surface area (Å²) < 4.78 is 16.0. The molecule has 8 nitrogen and oxygen atoms in total. The summed E-state index contributed by atoms with van der Waals surface area (Å²) in [5.74, 6) is 0.972. The van der Waals surface area contributed by atoms with E-state index < -0.39 is 5.91 Å². The van der Waals surface area contributed by atoms with E-state index in [2.05, 4.69) is 16.9 Å². The fraction of sp³-hybridized carbons (Fsp3) is 0.160. The van der Waals surface area contributed by atoms with Gasteiger partial charge in [0.1, 0.15) is 17.2 Å². The van der Waals surface area contributed by atoms with Gasteiger partial charge in [0.15, 0.2) is 6.61 Å². The quantitative estimate of drug-likeness (QED) is 0.490. The highest BCUT2D eigenvalue weighted by molar-refractivity contribution is 5.82. The monoisotopic (exact) mass is 445 g/mol. The van der Waals surface area contributed by atoms with Crippen LogP contribution in [0.3, 0.4) is 0 Å². The Labute approximate surface area is 191 Å². The Bertz CT molecular complexity index is 1100. The molecule has 0 aromatic heterocycles. The van der Waals surface area contributed by atoms with Gasteiger partial charge in [-0.25, -0.2) is 0 Å². The number of nitrogens with zero attached hydrogens (tertiary/aromatic N) is 1. The summed E-state index contributed by atoms with van der Waals surface area (Å²) in [5.41, 5.74) is 7.15. The third-order valence-electron chi connectivity index (χ3n) is 4.57. The molecular weight excluding hydrogens is 422 g/mol. The minimum atomic E-state index is -0.490. The minimum Gasteiger partial charge on any atom is -0.497 e. The number of nitriles is 1. The highest BCUT2D eigenvalue weighted by Gasteiger charge is 2.07. The molecule has 2 amide bonds. The van der Waals surface area contributed by atoms with Crippen molar-refractivity contribution in [2.45, 2.75) is 6.42 Å². The van der Waals surface area contributed by atoms with Crippen LogP contribution in [0.1, 0.15) is 12.0 Å². The number of ether oxygens (including phenoxy) is 3. The Morgan fingerprint density at radius 1 is 0.758 bits per heavy atom. The predicted octanol–water partition coefficient (Wildman–Crippen LogP) is 3.23. The standard InChI is InChI=1S/C25H23N3O5/c1-31-21-10-12-22(13-11-21)32-15-14-24(29)27-28-25(30)17-33-23-8-6-20(7-9-23)19-4-2-18(16-26)3-5-19/h2-13H,14-15,17H2,1H3,(H,27,29)(H,28,30). The number of nitrogens with one attached hydrogen (secondary N) is 2. The van der Waals surface area contributed by atoms with Crippen LogP contribution in [0.5, 0.6) is 17.2 Å². The molecule has 168 valence electrons. The predicted molar refractivity (Wildman–Crippen MR) is 121 cm³/mol. The van der Waals surface area contributed by atoms with Crippen LogP contribution < -0.4 is 25.1 Å². The van der Waals surface area contributed by atoms with Gasteiger partial charge in [-0.3, -0.25) is 20.4 Å². The van der Waals surface area contributed by atoms with Crippen molar-refractivity contribution in [1.29, 1.82) is 5.26 Å². The average molecular weight is 445 g/mol. The Morgan fingerprint density at radius 3 is 1.88 bits per heavy atom. The molecule has 0 spiro atoms. The zero-order chi connectivity index (χ0) is 23.5. The summed E-state index contributed by atoms with van der Waals surface area (Å²) >= 11 is 0. The molecule has 0 aliphatic rings. The van der Waals surface area contributed by atoms with Gasteiger partial charge in [-0.05, 0) is 59.7 Å². The molecule has 0 fully saturated rings. The topological polar surface area (TPSA) is 110 Å². The lowest BCUT2D eigenvalue weighted by atomic mass is 10.0. The Balaban J connectivity index is 1.34. The molecule has 0 aliphatic carbocycles. The molecule has 0 saturated heterocycles. The smallest absolute Gasteiger partial charge is 0.276 e. The SMILES string of the molecule is COc1ccc(OCCC(=O)NNC(=O)COc2ccc(-c3ccc(C#N)cc3)cc2)cc1. The van der Waals surface area contributed by atoms with Crippen molar-refractivity contribution in [1.82, 2.24) is 10.9 Å². The van der Waals surface area contributed by atoms with E-state index >= 15 is 0 Å². The van der Waals surface area contributed by atoms with Crippen molar-refractivity contribution in [2.24, 2.45) is 0 Å². The number of carbonyl (C=O) groups is 2. The lowest BCUT2D eigenvalue weighted by molar-refractivity contribution is -0.130. The van der Waals surface area contributed by atoms with Crippen LogP contribution in [0.2, 0.25) is 0 Å². The highest BCUT2D eigenvalue weighted by Crippen LogP contribution is 2.22. The molecular formula is C25H23N3O5. The third kappa shape index (κ3) is 7.29. The van der Waals surface area contributed by atoms with Gasteiger partial charge in [-0.1, -0.05) is 24.3 Å². The van der Waals surface area contributed by atoms with Crippen molar-refractivity contribution in [2.75, 3.05) is 20.3 Å². The van der Waals surface area contributed by atoms with Gasteiger partial charge >= 0.3 is 0 Å². The van der Waals surface area contributed by atoms with Gasteiger partial charge in [-0.2, -0.15) is 5.26 Å². The normalized spacial score (nSPS) is 9.94. The summed E-state index contributed by atoms with van der Waals surface area (Å²) in [6, 6.07) is 23.5. The highest BCUT2D eigenvalue weighted by atomic mass is 16.5. The number of hydrogen-bond donors (Lipinski definition) is 2. The maximum Gasteiger partial charge on any atom is 0.276 e. The number of hydrazine groups is 1. The number of methoxy groups -OCH3 is 1. The second kappa shape index (κ2) is 11.8. The molecule has 8 heteroatoms. The van der Waals surface area contributed by atoms with Gasteiger partial charge in [-0.15, -0.1) is 0 Å². The van der Waals surface area contributed by atoms with E-state index in [0.29, 0.717) is 22.8 Å². The van der Waals surface area contributed by atoms with E-state index in [4.69, 9.17) is 19.5 Å². The van der Waals surface area contributed by atoms with Crippen LogP contribution in [0.25, 0.3) is 11.1 Å². The number of hydrogen-bond acceptors (Lipinski definition) is 6. The first-order valence-electron chi connectivity index (χ1n) is 10.2. The Morgan fingerprint density at radius 2 is 1.27 bits per heavy atom.